The zero-order valence-corrected chi connectivity index (χ0v) is 29.9. The van der Waals surface area contributed by atoms with Crippen molar-refractivity contribution in [3.8, 4) is 11.4 Å². The number of primary amides is 2. The van der Waals surface area contributed by atoms with Gasteiger partial charge in [0.05, 0.1) is 48.7 Å². The van der Waals surface area contributed by atoms with Crippen molar-refractivity contribution in [2.45, 2.75) is 38.5 Å². The number of nitrogens with one attached hydrogen (secondary N) is 2. The minimum Gasteiger partial charge on any atom is -0.759 e. The molecule has 2 aliphatic heterocycles. The van der Waals surface area contributed by atoms with Crippen LogP contribution < -0.4 is 21.3 Å². The van der Waals surface area contributed by atoms with Crippen LogP contribution in [0.2, 0.25) is 0 Å². The summed E-state index contributed by atoms with van der Waals surface area (Å²) in [6.07, 6.45) is 11.8. The van der Waals surface area contributed by atoms with Crippen molar-refractivity contribution < 1.29 is 36.9 Å². The fourth-order valence-electron chi connectivity index (χ4n) is 6.99. The van der Waals surface area contributed by atoms with Crippen molar-refractivity contribution >= 4 is 55.4 Å². The Labute approximate surface area is 307 Å². The van der Waals surface area contributed by atoms with Gasteiger partial charge in [-0.3, -0.25) is 18.0 Å². The Bertz CT molecular complexity index is 2150. The fraction of sp³-hybridized carbons (Fsp3) is 0.263. The van der Waals surface area contributed by atoms with E-state index in [0.29, 0.717) is 22.2 Å². The largest absolute Gasteiger partial charge is 0.759 e. The van der Waals surface area contributed by atoms with Crippen LogP contribution in [0.3, 0.4) is 0 Å². The van der Waals surface area contributed by atoms with Gasteiger partial charge in [-0.05, 0) is 74.9 Å². The van der Waals surface area contributed by atoms with Crippen LogP contribution in [0.4, 0.5) is 11.4 Å². The number of fused-ring (bicyclic) bond motifs is 2. The van der Waals surface area contributed by atoms with E-state index >= 15 is 0 Å². The van der Waals surface area contributed by atoms with E-state index in [0.717, 1.165) is 22.1 Å². The van der Waals surface area contributed by atoms with E-state index in [-0.39, 0.29) is 0 Å². The van der Waals surface area contributed by atoms with Gasteiger partial charge in [0, 0.05) is 57.8 Å². The number of carbonyl (C=O) groups is 2. The highest BCUT2D eigenvalue weighted by Crippen LogP contribution is 2.21. The lowest BCUT2D eigenvalue weighted by Crippen LogP contribution is -3.08. The first kappa shape index (κ1) is 37.3. The normalized spacial score (nSPS) is 15.3. The Hall–Kier alpha value is -5.45. The van der Waals surface area contributed by atoms with Crippen LogP contribution in [-0.4, -0.2) is 75.1 Å². The molecule has 2 amide bonds. The summed E-state index contributed by atoms with van der Waals surface area (Å²) in [5, 5.41) is 10.9. The molecule has 0 spiro atoms. The molecule has 4 aromatic carbocycles. The molecule has 6 aromatic rings. The van der Waals surface area contributed by atoms with Gasteiger partial charge in [0.1, 0.15) is 22.4 Å². The smallest absolute Gasteiger partial charge is 0.250 e. The molecule has 2 fully saturated rings. The van der Waals surface area contributed by atoms with Gasteiger partial charge in [-0.25, -0.2) is 9.36 Å². The molecule has 0 aliphatic carbocycles. The third kappa shape index (κ3) is 9.51. The number of piperidine rings is 2. The van der Waals surface area contributed by atoms with Gasteiger partial charge in [-0.1, -0.05) is 24.3 Å². The molecule has 0 radical (unpaired) electrons. The second kappa shape index (κ2) is 16.5. The zero-order chi connectivity index (χ0) is 37.5. The summed E-state index contributed by atoms with van der Waals surface area (Å²) in [4.78, 5) is 26.2. The maximum absolute atomic E-state index is 11.6. The number of rotatable bonds is 6. The number of carbonyl (C=O) groups excluding carboxylic acids is 2. The Morgan fingerprint density at radius 2 is 0.906 bits per heavy atom. The number of nitrogens with two attached hydrogens (primary N) is 2. The summed E-state index contributed by atoms with van der Waals surface area (Å²) in [6.45, 7) is 4.86. The maximum Gasteiger partial charge on any atom is 0.250 e. The van der Waals surface area contributed by atoms with Gasteiger partial charge in [-0.15, -0.1) is 0 Å². The van der Waals surface area contributed by atoms with Crippen molar-refractivity contribution in [1.29, 1.82) is 0 Å². The average molecular weight is 739 g/mol. The molecule has 8 rings (SSSR count). The molecule has 2 saturated heterocycles. The van der Waals surface area contributed by atoms with Gasteiger partial charge in [0.15, 0.2) is 0 Å². The Balaban J connectivity index is 0.000000161. The SMILES string of the molecule is NC(=O)c1cccc2cn(-c3ccc([NH+]4CCCCC4)cc3)nc12.NC(=O)c1cccc2cn(-c3ccc([NH+]4CCCCC4)cc3)nc12.O=S(=O)([O-])[O-]. The molecule has 4 heterocycles. The quantitative estimate of drug-likeness (QED) is 0.147. The van der Waals surface area contributed by atoms with Crippen LogP contribution in [0.5, 0.6) is 0 Å². The van der Waals surface area contributed by atoms with Gasteiger partial charge >= 0.3 is 0 Å². The van der Waals surface area contributed by atoms with Gasteiger partial charge in [-0.2, -0.15) is 10.2 Å². The molecule has 276 valence electrons. The minimum atomic E-state index is -5.17. The highest BCUT2D eigenvalue weighted by molar-refractivity contribution is 7.79. The number of aromatic nitrogens is 4. The van der Waals surface area contributed by atoms with E-state index in [1.165, 1.54) is 76.1 Å². The summed E-state index contributed by atoms with van der Waals surface area (Å²) >= 11 is 0. The lowest BCUT2D eigenvalue weighted by atomic mass is 10.1. The van der Waals surface area contributed by atoms with Crippen molar-refractivity contribution in [2.75, 3.05) is 26.2 Å². The second-order valence-electron chi connectivity index (χ2n) is 13.2. The molecule has 2 aromatic heterocycles. The van der Waals surface area contributed by atoms with Crippen LogP contribution in [0.25, 0.3) is 33.2 Å². The van der Waals surface area contributed by atoms with E-state index in [9.17, 15) is 9.59 Å². The van der Waals surface area contributed by atoms with E-state index < -0.39 is 22.2 Å². The van der Waals surface area contributed by atoms with Crippen molar-refractivity contribution in [1.82, 2.24) is 19.6 Å². The number of nitrogens with zero attached hydrogens (tertiary/aromatic N) is 4. The molecule has 53 heavy (non-hydrogen) atoms. The predicted molar refractivity (Wildman–Crippen MR) is 198 cm³/mol. The average Bonchev–Trinajstić information content (AvgIpc) is 3.80. The fourth-order valence-corrected chi connectivity index (χ4v) is 6.99. The van der Waals surface area contributed by atoms with Gasteiger partial charge in [0.25, 0.3) is 11.8 Å². The summed E-state index contributed by atoms with van der Waals surface area (Å²) in [5.41, 5.74) is 17.8. The highest BCUT2D eigenvalue weighted by atomic mass is 32.3. The highest BCUT2D eigenvalue weighted by Gasteiger charge is 2.18. The summed E-state index contributed by atoms with van der Waals surface area (Å²) in [7, 11) is -5.17. The Morgan fingerprint density at radius 1 is 0.566 bits per heavy atom. The van der Waals surface area contributed by atoms with Crippen molar-refractivity contribution in [2.24, 2.45) is 11.5 Å². The minimum absolute atomic E-state index is 0.449. The Morgan fingerprint density at radius 3 is 1.23 bits per heavy atom. The molecule has 6 N–H and O–H groups in total. The summed E-state index contributed by atoms with van der Waals surface area (Å²) < 4.78 is 37.7. The molecule has 15 heteroatoms. The predicted octanol–water partition coefficient (Wildman–Crippen LogP) is 2.31. The van der Waals surface area contributed by atoms with E-state index in [2.05, 4.69) is 58.7 Å². The number of benzene rings is 4. The van der Waals surface area contributed by atoms with Crippen molar-refractivity contribution in [3.63, 3.8) is 0 Å². The molecule has 2 aliphatic rings. The third-order valence-corrected chi connectivity index (χ3v) is 9.60. The lowest BCUT2D eigenvalue weighted by molar-refractivity contribution is -0.838. The monoisotopic (exact) mass is 738 g/mol. The number of hydrogen-bond donors (Lipinski definition) is 4. The lowest BCUT2D eigenvalue weighted by Gasteiger charge is -2.23. The maximum atomic E-state index is 11.6. The first-order valence-corrected chi connectivity index (χ1v) is 18.9. The van der Waals surface area contributed by atoms with Crippen LogP contribution >= 0.6 is 0 Å². The van der Waals surface area contributed by atoms with Crippen LogP contribution in [0.15, 0.2) is 97.3 Å². The zero-order valence-electron chi connectivity index (χ0n) is 29.1. The van der Waals surface area contributed by atoms with Gasteiger partial charge < -0.3 is 30.4 Å². The Kier molecular flexibility index (Phi) is 11.6. The van der Waals surface area contributed by atoms with Crippen molar-refractivity contribution in [3.05, 3.63) is 108 Å². The molecular formula is C38H42N8O6S. The summed E-state index contributed by atoms with van der Waals surface area (Å²) in [5.74, 6) is -0.898. The molecular weight excluding hydrogens is 697 g/mol. The molecule has 0 bridgehead atoms. The molecule has 0 atom stereocenters. The summed E-state index contributed by atoms with van der Waals surface area (Å²) in [6, 6.07) is 28.0. The first-order chi connectivity index (χ1) is 25.4. The number of hydrogen-bond acceptors (Lipinski definition) is 8. The van der Waals surface area contributed by atoms with Crippen LogP contribution in [-0.2, 0) is 10.4 Å². The van der Waals surface area contributed by atoms with E-state index in [4.69, 9.17) is 29.0 Å². The standard InChI is InChI=1S/2C19H20N4O.H2O4S/c2*20-19(24)17-6-4-5-14-13-23(21-18(14)17)16-9-7-15(8-10-16)22-11-2-1-3-12-22;1-5(2,3)4/h2*4-10,13H,1-3,11-12H2,(H2,20,24);(H2,1,2,3,4). The second-order valence-corrected chi connectivity index (χ2v) is 14.0. The van der Waals surface area contributed by atoms with E-state index in [1.807, 2.05) is 46.0 Å². The first-order valence-electron chi connectivity index (χ1n) is 17.6. The number of quaternary nitrogens is 2. The van der Waals surface area contributed by atoms with Crippen LogP contribution in [0.1, 0.15) is 59.2 Å². The molecule has 0 saturated carbocycles. The third-order valence-electron chi connectivity index (χ3n) is 9.60. The van der Waals surface area contributed by atoms with Gasteiger partial charge in [0.2, 0.25) is 0 Å². The topological polar surface area (TPSA) is 211 Å². The van der Waals surface area contributed by atoms with E-state index in [1.54, 1.807) is 21.9 Å². The number of amides is 2. The molecule has 14 nitrogen and oxygen atoms in total. The van der Waals surface area contributed by atoms with Crippen LogP contribution in [0, 0.1) is 0 Å². The molecule has 0 unspecified atom stereocenters.